The first-order chi connectivity index (χ1) is 14.4. The van der Waals surface area contributed by atoms with E-state index in [1.807, 2.05) is 30.3 Å². The van der Waals surface area contributed by atoms with Crippen molar-refractivity contribution in [3.8, 4) is 17.2 Å². The number of carbonyl (C=O) groups excluding carboxylic acids is 1. The summed E-state index contributed by atoms with van der Waals surface area (Å²) in [6, 6.07) is 16.9. The highest BCUT2D eigenvalue weighted by Gasteiger charge is 2.22. The van der Waals surface area contributed by atoms with Gasteiger partial charge in [-0.2, -0.15) is 0 Å². The molecular formula is C23H19BrO6. The maximum absolute atomic E-state index is 13.1. The Morgan fingerprint density at radius 2 is 1.53 bits per heavy atom. The summed E-state index contributed by atoms with van der Waals surface area (Å²) >= 11 is 3.35. The molecule has 30 heavy (non-hydrogen) atoms. The molecule has 0 amide bonds. The number of carbonyl (C=O) groups is 2. The van der Waals surface area contributed by atoms with Crippen LogP contribution in [0, 0.1) is 0 Å². The highest BCUT2D eigenvalue weighted by Crippen LogP contribution is 2.36. The Labute approximate surface area is 182 Å². The standard InChI is InChI=1S/C23H19BrO6/c1-28-19-10-15(11-20(29-2)21(19)24)22(25)17-9-8-16(12-18(17)23(26)27)30-13-14-6-4-3-5-7-14/h3-12H,13H2,1-2H3,(H,26,27). The lowest BCUT2D eigenvalue weighted by Crippen LogP contribution is -2.11. The second-order valence-corrected chi connectivity index (χ2v) is 7.10. The number of ether oxygens (including phenoxy) is 3. The first-order valence-corrected chi connectivity index (χ1v) is 9.74. The molecule has 154 valence electrons. The van der Waals surface area contributed by atoms with Crippen molar-refractivity contribution in [3.05, 3.63) is 87.4 Å². The smallest absolute Gasteiger partial charge is 0.336 e. The van der Waals surface area contributed by atoms with Crippen LogP contribution in [0.4, 0.5) is 0 Å². The lowest BCUT2D eigenvalue weighted by molar-refractivity contribution is 0.0692. The highest BCUT2D eigenvalue weighted by molar-refractivity contribution is 9.10. The van der Waals surface area contributed by atoms with Crippen LogP contribution in [0.3, 0.4) is 0 Å². The first-order valence-electron chi connectivity index (χ1n) is 8.95. The normalized spacial score (nSPS) is 10.4. The van der Waals surface area contributed by atoms with Gasteiger partial charge in [-0.25, -0.2) is 4.79 Å². The average molecular weight is 471 g/mol. The van der Waals surface area contributed by atoms with Gasteiger partial charge in [0.1, 0.15) is 28.3 Å². The van der Waals surface area contributed by atoms with Crippen molar-refractivity contribution in [1.29, 1.82) is 0 Å². The second-order valence-electron chi connectivity index (χ2n) is 6.31. The third-order valence-corrected chi connectivity index (χ3v) is 5.20. The van der Waals surface area contributed by atoms with Crippen molar-refractivity contribution in [3.63, 3.8) is 0 Å². The molecule has 0 fully saturated rings. The SMILES string of the molecule is COc1cc(C(=O)c2ccc(OCc3ccccc3)cc2C(=O)O)cc(OC)c1Br. The van der Waals surface area contributed by atoms with E-state index in [9.17, 15) is 14.7 Å². The largest absolute Gasteiger partial charge is 0.495 e. The number of aromatic carboxylic acids is 1. The maximum Gasteiger partial charge on any atom is 0.336 e. The van der Waals surface area contributed by atoms with E-state index in [-0.39, 0.29) is 23.3 Å². The lowest BCUT2D eigenvalue weighted by atomic mass is 9.97. The summed E-state index contributed by atoms with van der Waals surface area (Å²) in [5.41, 5.74) is 1.09. The first kappa shape index (κ1) is 21.4. The van der Waals surface area contributed by atoms with Gasteiger partial charge in [-0.15, -0.1) is 0 Å². The number of hydrogen-bond acceptors (Lipinski definition) is 5. The molecule has 3 rings (SSSR count). The molecule has 0 atom stereocenters. The molecule has 3 aromatic carbocycles. The summed E-state index contributed by atoms with van der Waals surface area (Å²) in [4.78, 5) is 24.9. The van der Waals surface area contributed by atoms with Gasteiger partial charge in [0, 0.05) is 11.1 Å². The van der Waals surface area contributed by atoms with Crippen LogP contribution in [0.15, 0.2) is 65.1 Å². The molecular weight excluding hydrogens is 452 g/mol. The van der Waals surface area contributed by atoms with Crippen molar-refractivity contribution in [2.75, 3.05) is 14.2 Å². The Morgan fingerprint density at radius 1 is 0.900 bits per heavy atom. The van der Waals surface area contributed by atoms with E-state index in [0.29, 0.717) is 21.7 Å². The fourth-order valence-corrected chi connectivity index (χ4v) is 3.44. The Kier molecular flexibility index (Phi) is 6.74. The van der Waals surface area contributed by atoms with Gasteiger partial charge in [-0.05, 0) is 51.8 Å². The molecule has 0 spiro atoms. The molecule has 0 aliphatic rings. The zero-order valence-corrected chi connectivity index (χ0v) is 17.9. The number of hydrogen-bond donors (Lipinski definition) is 1. The van der Waals surface area contributed by atoms with Crippen LogP contribution >= 0.6 is 15.9 Å². The van der Waals surface area contributed by atoms with E-state index < -0.39 is 11.8 Å². The van der Waals surface area contributed by atoms with Crippen LogP contribution in [0.5, 0.6) is 17.2 Å². The van der Waals surface area contributed by atoms with Gasteiger partial charge in [0.2, 0.25) is 0 Å². The third kappa shape index (κ3) is 4.63. The molecule has 0 aliphatic carbocycles. The Morgan fingerprint density at radius 3 is 2.10 bits per heavy atom. The van der Waals surface area contributed by atoms with Crippen LogP contribution in [0.1, 0.15) is 31.8 Å². The summed E-state index contributed by atoms with van der Waals surface area (Å²) in [6.07, 6.45) is 0. The minimum atomic E-state index is -1.22. The summed E-state index contributed by atoms with van der Waals surface area (Å²) in [6.45, 7) is 0.286. The minimum absolute atomic E-state index is 0.0426. The van der Waals surface area contributed by atoms with Gasteiger partial charge in [0.25, 0.3) is 0 Å². The van der Waals surface area contributed by atoms with E-state index in [1.165, 1.54) is 38.5 Å². The predicted molar refractivity (Wildman–Crippen MR) is 115 cm³/mol. The lowest BCUT2D eigenvalue weighted by Gasteiger charge is -2.13. The van der Waals surface area contributed by atoms with Crippen LogP contribution in [0.25, 0.3) is 0 Å². The topological polar surface area (TPSA) is 82.1 Å². The molecule has 0 saturated carbocycles. The van der Waals surface area contributed by atoms with E-state index in [0.717, 1.165) is 5.56 Å². The fourth-order valence-electron chi connectivity index (χ4n) is 2.88. The summed E-state index contributed by atoms with van der Waals surface area (Å²) < 4.78 is 16.8. The van der Waals surface area contributed by atoms with E-state index in [4.69, 9.17) is 14.2 Å². The van der Waals surface area contributed by atoms with E-state index >= 15 is 0 Å². The summed E-state index contributed by atoms with van der Waals surface area (Å²) in [5, 5.41) is 9.65. The molecule has 3 aromatic rings. The molecule has 1 N–H and O–H groups in total. The highest BCUT2D eigenvalue weighted by atomic mass is 79.9. The molecule has 6 nitrogen and oxygen atoms in total. The number of rotatable bonds is 8. The van der Waals surface area contributed by atoms with Crippen LogP contribution < -0.4 is 14.2 Å². The molecule has 0 saturated heterocycles. The van der Waals surface area contributed by atoms with Gasteiger partial charge in [-0.1, -0.05) is 30.3 Å². The Balaban J connectivity index is 1.93. The van der Waals surface area contributed by atoms with Gasteiger partial charge >= 0.3 is 5.97 Å². The van der Waals surface area contributed by atoms with Crippen molar-refractivity contribution < 1.29 is 28.9 Å². The van der Waals surface area contributed by atoms with Crippen LogP contribution in [0.2, 0.25) is 0 Å². The predicted octanol–water partition coefficient (Wildman–Crippen LogP) is 4.97. The zero-order valence-electron chi connectivity index (χ0n) is 16.3. The van der Waals surface area contributed by atoms with Crippen molar-refractivity contribution in [2.24, 2.45) is 0 Å². The number of ketones is 1. The van der Waals surface area contributed by atoms with Gasteiger partial charge in [0.15, 0.2) is 5.78 Å². The zero-order chi connectivity index (χ0) is 21.7. The molecule has 0 aliphatic heterocycles. The number of carboxylic acids is 1. The van der Waals surface area contributed by atoms with Gasteiger partial charge < -0.3 is 19.3 Å². The third-order valence-electron chi connectivity index (χ3n) is 4.42. The molecule has 0 unspecified atom stereocenters. The van der Waals surface area contributed by atoms with Crippen molar-refractivity contribution in [2.45, 2.75) is 6.61 Å². The summed E-state index contributed by atoms with van der Waals surface area (Å²) in [5.74, 6) is -0.529. The number of halogens is 1. The Hall–Kier alpha value is -3.32. The van der Waals surface area contributed by atoms with Crippen molar-refractivity contribution >= 4 is 27.7 Å². The summed E-state index contributed by atoms with van der Waals surface area (Å²) in [7, 11) is 2.94. The molecule has 7 heteroatoms. The number of benzene rings is 3. The van der Waals surface area contributed by atoms with Crippen LogP contribution in [-0.2, 0) is 6.61 Å². The minimum Gasteiger partial charge on any atom is -0.495 e. The fraction of sp³-hybridized carbons (Fsp3) is 0.130. The second kappa shape index (κ2) is 9.45. The van der Waals surface area contributed by atoms with E-state index in [2.05, 4.69) is 15.9 Å². The molecule has 0 heterocycles. The van der Waals surface area contributed by atoms with Gasteiger partial charge in [0.05, 0.1) is 19.8 Å². The van der Waals surface area contributed by atoms with Crippen LogP contribution in [-0.4, -0.2) is 31.1 Å². The van der Waals surface area contributed by atoms with Gasteiger partial charge in [-0.3, -0.25) is 4.79 Å². The molecule has 0 radical (unpaired) electrons. The Bertz CT molecular complexity index is 1050. The van der Waals surface area contributed by atoms with E-state index in [1.54, 1.807) is 6.07 Å². The average Bonchev–Trinajstić information content (AvgIpc) is 2.77. The number of carboxylic acid groups (broad SMARTS) is 1. The number of methoxy groups -OCH3 is 2. The molecule has 0 aromatic heterocycles. The maximum atomic E-state index is 13.1. The van der Waals surface area contributed by atoms with Crippen molar-refractivity contribution in [1.82, 2.24) is 0 Å². The quantitative estimate of drug-likeness (QED) is 0.467. The molecule has 0 bridgehead atoms. The monoisotopic (exact) mass is 470 g/mol.